The normalized spacial score (nSPS) is 13.6. The van der Waals surface area contributed by atoms with E-state index in [1.54, 1.807) is 38.3 Å². The third-order valence-corrected chi connectivity index (χ3v) is 3.09. The first-order valence-corrected chi connectivity index (χ1v) is 5.80. The molecule has 0 heterocycles. The summed E-state index contributed by atoms with van der Waals surface area (Å²) in [5.41, 5.74) is -0.392. The second-order valence-electron chi connectivity index (χ2n) is 4.65. The Morgan fingerprint density at radius 1 is 1.50 bits per heavy atom. The molecule has 1 N–H and O–H groups in total. The number of ether oxygens (including phenoxy) is 1. The number of hydrogen-bond acceptors (Lipinski definition) is 3. The van der Waals surface area contributed by atoms with E-state index in [2.05, 4.69) is 11.4 Å². The topological polar surface area (TPSA) is 62.1 Å². The van der Waals surface area contributed by atoms with Crippen molar-refractivity contribution in [2.24, 2.45) is 5.92 Å². The number of carbonyl (C=O) groups excluding carboxylic acids is 1. The minimum absolute atomic E-state index is 0.0251. The molecule has 0 saturated heterocycles. The molecule has 0 unspecified atom stereocenters. The van der Waals surface area contributed by atoms with Crippen LogP contribution in [-0.2, 0) is 0 Å². The Morgan fingerprint density at radius 2 is 2.17 bits per heavy atom. The van der Waals surface area contributed by atoms with Crippen molar-refractivity contribution in [1.82, 2.24) is 5.32 Å². The molecule has 1 rings (SSSR count). The summed E-state index contributed by atoms with van der Waals surface area (Å²) in [5, 5.41) is 11.9. The van der Waals surface area contributed by atoms with Crippen molar-refractivity contribution in [2.45, 2.75) is 26.3 Å². The van der Waals surface area contributed by atoms with Crippen LogP contribution in [0.3, 0.4) is 0 Å². The fourth-order valence-corrected chi connectivity index (χ4v) is 1.37. The summed E-state index contributed by atoms with van der Waals surface area (Å²) in [7, 11) is 1.55. The molecule has 0 aromatic heterocycles. The molecule has 0 spiro atoms. The minimum atomic E-state index is -0.875. The van der Waals surface area contributed by atoms with Gasteiger partial charge in [-0.25, -0.2) is 0 Å². The van der Waals surface area contributed by atoms with Gasteiger partial charge >= 0.3 is 0 Å². The monoisotopic (exact) mass is 246 g/mol. The Bertz CT molecular complexity index is 477. The van der Waals surface area contributed by atoms with Crippen molar-refractivity contribution < 1.29 is 9.53 Å². The maximum absolute atomic E-state index is 12.1. The fourth-order valence-electron chi connectivity index (χ4n) is 1.37. The van der Waals surface area contributed by atoms with Crippen LogP contribution in [0, 0.1) is 17.2 Å². The molecule has 1 aromatic rings. The van der Waals surface area contributed by atoms with Gasteiger partial charge in [-0.3, -0.25) is 4.79 Å². The van der Waals surface area contributed by atoms with Crippen LogP contribution in [0.15, 0.2) is 24.3 Å². The Labute approximate surface area is 108 Å². The van der Waals surface area contributed by atoms with Crippen molar-refractivity contribution in [1.29, 1.82) is 5.26 Å². The summed E-state index contributed by atoms with van der Waals surface area (Å²) in [5.74, 6) is 0.370. The highest BCUT2D eigenvalue weighted by molar-refractivity contribution is 5.95. The van der Waals surface area contributed by atoms with Crippen LogP contribution < -0.4 is 10.1 Å². The molecular formula is C14H18N2O2. The van der Waals surface area contributed by atoms with Crippen LogP contribution in [0.5, 0.6) is 5.75 Å². The third-order valence-electron chi connectivity index (χ3n) is 3.09. The van der Waals surface area contributed by atoms with Gasteiger partial charge in [-0.05, 0) is 31.0 Å². The van der Waals surface area contributed by atoms with Crippen LogP contribution in [0.1, 0.15) is 31.1 Å². The van der Waals surface area contributed by atoms with Crippen LogP contribution in [0.25, 0.3) is 0 Å². The summed E-state index contributed by atoms with van der Waals surface area (Å²) in [6, 6.07) is 8.99. The molecule has 1 amide bonds. The second kappa shape index (κ2) is 5.54. The number of carbonyl (C=O) groups is 1. The van der Waals surface area contributed by atoms with Crippen molar-refractivity contribution in [3.63, 3.8) is 0 Å². The predicted molar refractivity (Wildman–Crippen MR) is 69.3 cm³/mol. The van der Waals surface area contributed by atoms with E-state index < -0.39 is 5.54 Å². The van der Waals surface area contributed by atoms with Gasteiger partial charge in [-0.2, -0.15) is 5.26 Å². The summed E-state index contributed by atoms with van der Waals surface area (Å²) < 4.78 is 5.06. The van der Waals surface area contributed by atoms with E-state index in [1.165, 1.54) is 0 Å². The molecule has 4 nitrogen and oxygen atoms in total. The predicted octanol–water partition coefficient (Wildman–Crippen LogP) is 2.36. The molecule has 1 aromatic carbocycles. The summed E-state index contributed by atoms with van der Waals surface area (Å²) in [6.07, 6.45) is 0. The van der Waals surface area contributed by atoms with E-state index in [0.29, 0.717) is 11.3 Å². The lowest BCUT2D eigenvalue weighted by atomic mass is 9.90. The number of rotatable bonds is 4. The second-order valence-corrected chi connectivity index (χ2v) is 4.65. The first-order chi connectivity index (χ1) is 8.42. The molecule has 0 bridgehead atoms. The number of nitrogens with one attached hydrogen (secondary N) is 1. The molecular weight excluding hydrogens is 228 g/mol. The van der Waals surface area contributed by atoms with Crippen LogP contribution in [-0.4, -0.2) is 18.6 Å². The number of amides is 1. The van der Waals surface area contributed by atoms with Crippen molar-refractivity contribution in [3.8, 4) is 11.8 Å². The zero-order valence-electron chi connectivity index (χ0n) is 11.2. The SMILES string of the molecule is COc1cccc(C(=O)N[C@](C)(C#N)C(C)C)c1. The first kappa shape index (κ1) is 14.0. The Morgan fingerprint density at radius 3 is 2.67 bits per heavy atom. The Hall–Kier alpha value is -2.02. The van der Waals surface area contributed by atoms with Gasteiger partial charge in [-0.1, -0.05) is 19.9 Å². The molecule has 4 heteroatoms. The van der Waals surface area contributed by atoms with Gasteiger partial charge in [0.1, 0.15) is 11.3 Å². The van der Waals surface area contributed by atoms with E-state index in [1.807, 2.05) is 13.8 Å². The Balaban J connectivity index is 2.92. The van der Waals surface area contributed by atoms with Gasteiger partial charge in [0.2, 0.25) is 0 Å². The van der Waals surface area contributed by atoms with Crippen molar-refractivity contribution >= 4 is 5.91 Å². The number of nitriles is 1. The Kier molecular flexibility index (Phi) is 4.33. The highest BCUT2D eigenvalue weighted by Crippen LogP contribution is 2.18. The molecule has 0 aliphatic rings. The standard InChI is InChI=1S/C14H18N2O2/c1-10(2)14(3,9-15)16-13(17)11-6-5-7-12(8-11)18-4/h5-8,10H,1-4H3,(H,16,17)/t14-/m1/s1. The summed E-state index contributed by atoms with van der Waals surface area (Å²) in [6.45, 7) is 5.51. The quantitative estimate of drug-likeness (QED) is 0.887. The van der Waals surface area contributed by atoms with E-state index in [-0.39, 0.29) is 11.8 Å². The smallest absolute Gasteiger partial charge is 0.252 e. The van der Waals surface area contributed by atoms with Crippen LogP contribution >= 0.6 is 0 Å². The first-order valence-electron chi connectivity index (χ1n) is 5.80. The maximum Gasteiger partial charge on any atom is 0.252 e. The molecule has 0 saturated carbocycles. The molecule has 18 heavy (non-hydrogen) atoms. The lowest BCUT2D eigenvalue weighted by Crippen LogP contribution is -2.48. The van der Waals surface area contributed by atoms with Gasteiger partial charge in [0.15, 0.2) is 0 Å². The van der Waals surface area contributed by atoms with Gasteiger partial charge in [0.05, 0.1) is 13.2 Å². The van der Waals surface area contributed by atoms with Crippen LogP contribution in [0.4, 0.5) is 0 Å². The molecule has 0 aliphatic carbocycles. The van der Waals surface area contributed by atoms with E-state index >= 15 is 0 Å². The maximum atomic E-state index is 12.1. The minimum Gasteiger partial charge on any atom is -0.497 e. The lowest BCUT2D eigenvalue weighted by molar-refractivity contribution is 0.0907. The average Bonchev–Trinajstić information content (AvgIpc) is 2.38. The number of methoxy groups -OCH3 is 1. The summed E-state index contributed by atoms with van der Waals surface area (Å²) in [4.78, 5) is 12.1. The van der Waals surface area contributed by atoms with E-state index in [0.717, 1.165) is 0 Å². The van der Waals surface area contributed by atoms with Gasteiger partial charge in [0.25, 0.3) is 5.91 Å². The van der Waals surface area contributed by atoms with Crippen molar-refractivity contribution in [3.05, 3.63) is 29.8 Å². The highest BCUT2D eigenvalue weighted by atomic mass is 16.5. The molecule has 1 atom stereocenters. The third kappa shape index (κ3) is 3.01. The molecule has 0 aliphatic heterocycles. The molecule has 0 fully saturated rings. The molecule has 0 radical (unpaired) electrons. The van der Waals surface area contributed by atoms with Crippen LogP contribution in [0.2, 0.25) is 0 Å². The fraction of sp³-hybridized carbons (Fsp3) is 0.429. The van der Waals surface area contributed by atoms with Gasteiger partial charge < -0.3 is 10.1 Å². The average molecular weight is 246 g/mol. The number of hydrogen-bond donors (Lipinski definition) is 1. The lowest BCUT2D eigenvalue weighted by Gasteiger charge is -2.27. The van der Waals surface area contributed by atoms with Gasteiger partial charge in [-0.15, -0.1) is 0 Å². The number of nitrogens with zero attached hydrogens (tertiary/aromatic N) is 1. The zero-order chi connectivity index (χ0) is 13.8. The largest absolute Gasteiger partial charge is 0.497 e. The van der Waals surface area contributed by atoms with E-state index in [4.69, 9.17) is 10.00 Å². The summed E-state index contributed by atoms with van der Waals surface area (Å²) >= 11 is 0. The van der Waals surface area contributed by atoms with Gasteiger partial charge in [0, 0.05) is 5.56 Å². The zero-order valence-corrected chi connectivity index (χ0v) is 11.2. The highest BCUT2D eigenvalue weighted by Gasteiger charge is 2.30. The molecule has 96 valence electrons. The van der Waals surface area contributed by atoms with E-state index in [9.17, 15) is 4.79 Å². The number of benzene rings is 1. The van der Waals surface area contributed by atoms with Crippen molar-refractivity contribution in [2.75, 3.05) is 7.11 Å².